The molecule has 0 spiro atoms. The van der Waals surface area contributed by atoms with E-state index in [0.29, 0.717) is 17.1 Å². The quantitative estimate of drug-likeness (QED) is 0.822. The smallest absolute Gasteiger partial charge is 0.324 e. The number of likely N-dealkylation sites (tertiary alicyclic amines) is 1. The number of aromatic nitrogens is 1. The highest BCUT2D eigenvalue weighted by atomic mass is 79.9. The number of carbonyl (C=O) groups excluding carboxylic acids is 1. The molecule has 1 aliphatic rings. The number of ether oxygens (including phenoxy) is 1. The van der Waals surface area contributed by atoms with E-state index in [9.17, 15) is 4.79 Å². The number of rotatable bonds is 5. The predicted molar refractivity (Wildman–Crippen MR) is 72.4 cm³/mol. The second-order valence-corrected chi connectivity index (χ2v) is 5.17. The Kier molecular flexibility index (Phi) is 4.95. The van der Waals surface area contributed by atoms with Gasteiger partial charge in [-0.05, 0) is 32.9 Å². The number of nitrogens with zero attached hydrogens (tertiary/aromatic N) is 2. The number of oxazole rings is 1. The van der Waals surface area contributed by atoms with Crippen molar-refractivity contribution < 1.29 is 13.9 Å². The molecule has 2 N–H and O–H groups in total. The molecule has 0 saturated carbocycles. The molecule has 1 saturated heterocycles. The third kappa shape index (κ3) is 3.34. The highest BCUT2D eigenvalue weighted by molar-refractivity contribution is 9.10. The van der Waals surface area contributed by atoms with Gasteiger partial charge >= 0.3 is 5.97 Å². The molecule has 2 atom stereocenters. The van der Waals surface area contributed by atoms with Crippen LogP contribution in [0.2, 0.25) is 0 Å². The van der Waals surface area contributed by atoms with E-state index in [4.69, 9.17) is 14.9 Å². The number of hydrogen-bond donors (Lipinski definition) is 1. The lowest BCUT2D eigenvalue weighted by molar-refractivity contribution is -0.146. The lowest BCUT2D eigenvalue weighted by Crippen LogP contribution is -2.45. The molecule has 1 aliphatic heterocycles. The first-order valence-corrected chi connectivity index (χ1v) is 7.20. The molecule has 19 heavy (non-hydrogen) atoms. The SMILES string of the molecule is CCOC(=O)[C@@H](N)[C@@H](c1coc(Br)n1)N1CCCC1. The fourth-order valence-electron chi connectivity index (χ4n) is 2.38. The molecule has 0 amide bonds. The van der Waals surface area contributed by atoms with Gasteiger partial charge in [-0.1, -0.05) is 0 Å². The first-order valence-electron chi connectivity index (χ1n) is 6.40. The van der Waals surface area contributed by atoms with Crippen molar-refractivity contribution in [3.05, 3.63) is 16.8 Å². The van der Waals surface area contributed by atoms with Crippen molar-refractivity contribution in [3.8, 4) is 0 Å². The molecule has 1 aromatic rings. The summed E-state index contributed by atoms with van der Waals surface area (Å²) >= 11 is 3.17. The summed E-state index contributed by atoms with van der Waals surface area (Å²) in [6.45, 7) is 3.90. The molecule has 0 aromatic carbocycles. The Bertz CT molecular complexity index is 432. The Morgan fingerprint density at radius 1 is 1.63 bits per heavy atom. The number of hydrogen-bond acceptors (Lipinski definition) is 6. The molecule has 1 fully saturated rings. The van der Waals surface area contributed by atoms with Gasteiger partial charge in [0, 0.05) is 15.9 Å². The van der Waals surface area contributed by atoms with Crippen molar-refractivity contribution in [3.63, 3.8) is 0 Å². The molecule has 106 valence electrons. The van der Waals surface area contributed by atoms with E-state index in [-0.39, 0.29) is 6.04 Å². The van der Waals surface area contributed by atoms with E-state index >= 15 is 0 Å². The topological polar surface area (TPSA) is 81.6 Å². The maximum Gasteiger partial charge on any atom is 0.324 e. The summed E-state index contributed by atoms with van der Waals surface area (Å²) in [5.41, 5.74) is 6.72. The normalized spacial score (nSPS) is 19.3. The number of esters is 1. The Hall–Kier alpha value is -0.920. The summed E-state index contributed by atoms with van der Waals surface area (Å²) in [6, 6.07) is -1.05. The number of halogens is 1. The number of carbonyl (C=O) groups is 1. The van der Waals surface area contributed by atoms with Gasteiger partial charge in [-0.3, -0.25) is 9.69 Å². The first kappa shape index (κ1) is 14.5. The van der Waals surface area contributed by atoms with Gasteiger partial charge in [-0.2, -0.15) is 0 Å². The molecule has 0 unspecified atom stereocenters. The Labute approximate surface area is 120 Å². The summed E-state index contributed by atoms with van der Waals surface area (Å²) < 4.78 is 10.2. The molecule has 0 radical (unpaired) electrons. The Morgan fingerprint density at radius 3 is 2.84 bits per heavy atom. The van der Waals surface area contributed by atoms with Gasteiger partial charge in [0.15, 0.2) is 0 Å². The zero-order valence-corrected chi connectivity index (χ0v) is 12.4. The molecule has 1 aromatic heterocycles. The zero-order chi connectivity index (χ0) is 13.8. The standard InChI is InChI=1S/C12H18BrN3O3/c1-2-18-11(17)9(14)10(16-5-3-4-6-16)8-7-19-12(13)15-8/h7,9-10H,2-6,14H2,1H3/t9-,10+/m0/s1. The van der Waals surface area contributed by atoms with E-state index < -0.39 is 12.0 Å². The van der Waals surface area contributed by atoms with Crippen LogP contribution < -0.4 is 5.73 Å². The van der Waals surface area contributed by atoms with Crippen LogP contribution in [0.4, 0.5) is 0 Å². The molecule has 0 aliphatic carbocycles. The Morgan fingerprint density at radius 2 is 2.32 bits per heavy atom. The van der Waals surface area contributed by atoms with E-state index in [1.54, 1.807) is 6.92 Å². The maximum absolute atomic E-state index is 11.9. The van der Waals surface area contributed by atoms with Crippen LogP contribution in [0.15, 0.2) is 15.5 Å². The second kappa shape index (κ2) is 6.49. The van der Waals surface area contributed by atoms with Gasteiger partial charge in [-0.25, -0.2) is 4.98 Å². The van der Waals surface area contributed by atoms with Crippen molar-refractivity contribution >= 4 is 21.9 Å². The van der Waals surface area contributed by atoms with Crippen molar-refractivity contribution in [1.29, 1.82) is 0 Å². The van der Waals surface area contributed by atoms with Gasteiger partial charge in [0.25, 0.3) is 4.80 Å². The van der Waals surface area contributed by atoms with E-state index in [1.807, 2.05) is 0 Å². The average molecular weight is 332 g/mol. The van der Waals surface area contributed by atoms with Gasteiger partial charge in [0.05, 0.1) is 18.3 Å². The summed E-state index contributed by atoms with van der Waals surface area (Å²) in [5, 5.41) is 0. The monoisotopic (exact) mass is 331 g/mol. The fraction of sp³-hybridized carbons (Fsp3) is 0.667. The lowest BCUT2D eigenvalue weighted by Gasteiger charge is -2.29. The van der Waals surface area contributed by atoms with Crippen LogP contribution in [0.25, 0.3) is 0 Å². The summed E-state index contributed by atoms with van der Waals surface area (Å²) in [4.78, 5) is 18.7. The molecule has 0 bridgehead atoms. The minimum absolute atomic E-state index is 0.295. The predicted octanol–water partition coefficient (Wildman–Crippen LogP) is 1.46. The van der Waals surface area contributed by atoms with Crippen LogP contribution in [-0.2, 0) is 9.53 Å². The highest BCUT2D eigenvalue weighted by Gasteiger charge is 2.35. The van der Waals surface area contributed by atoms with Gasteiger partial charge in [0.2, 0.25) is 0 Å². The molecular weight excluding hydrogens is 314 g/mol. The van der Waals surface area contributed by atoms with E-state index in [0.717, 1.165) is 25.9 Å². The largest absolute Gasteiger partial charge is 0.465 e. The highest BCUT2D eigenvalue weighted by Crippen LogP contribution is 2.28. The van der Waals surface area contributed by atoms with Crippen molar-refractivity contribution in [2.75, 3.05) is 19.7 Å². The summed E-state index contributed by atoms with van der Waals surface area (Å²) in [7, 11) is 0. The van der Waals surface area contributed by atoms with Crippen LogP contribution >= 0.6 is 15.9 Å². The molecule has 7 heteroatoms. The second-order valence-electron chi connectivity index (χ2n) is 4.49. The minimum atomic E-state index is -0.755. The van der Waals surface area contributed by atoms with E-state index in [2.05, 4.69) is 25.8 Å². The molecular formula is C12H18BrN3O3. The molecule has 6 nitrogen and oxygen atoms in total. The summed E-state index contributed by atoms with van der Waals surface area (Å²) in [6.07, 6.45) is 3.74. The van der Waals surface area contributed by atoms with Crippen molar-refractivity contribution in [2.45, 2.75) is 31.8 Å². The van der Waals surface area contributed by atoms with Crippen LogP contribution in [0, 0.1) is 0 Å². The fourth-order valence-corrected chi connectivity index (χ4v) is 2.68. The van der Waals surface area contributed by atoms with Crippen molar-refractivity contribution in [1.82, 2.24) is 9.88 Å². The summed E-state index contributed by atoms with van der Waals surface area (Å²) in [5.74, 6) is -0.404. The van der Waals surface area contributed by atoms with Crippen molar-refractivity contribution in [2.24, 2.45) is 5.73 Å². The third-order valence-electron chi connectivity index (χ3n) is 3.23. The minimum Gasteiger partial charge on any atom is -0.465 e. The van der Waals surface area contributed by atoms with Crippen LogP contribution in [0.1, 0.15) is 31.5 Å². The van der Waals surface area contributed by atoms with Gasteiger partial charge in [-0.15, -0.1) is 0 Å². The van der Waals surface area contributed by atoms with Gasteiger partial charge < -0.3 is 14.9 Å². The molecule has 2 heterocycles. The number of nitrogens with two attached hydrogens (primary N) is 1. The maximum atomic E-state index is 11.9. The Balaban J connectivity index is 2.20. The first-order chi connectivity index (χ1) is 9.13. The molecule has 2 rings (SSSR count). The van der Waals surface area contributed by atoms with Crippen LogP contribution in [-0.4, -0.2) is 41.6 Å². The average Bonchev–Trinajstić information content (AvgIpc) is 3.02. The van der Waals surface area contributed by atoms with E-state index in [1.165, 1.54) is 6.26 Å². The van der Waals surface area contributed by atoms with Gasteiger partial charge in [0.1, 0.15) is 12.3 Å². The van der Waals surface area contributed by atoms with Crippen LogP contribution in [0.3, 0.4) is 0 Å². The lowest BCUT2D eigenvalue weighted by atomic mass is 10.0. The van der Waals surface area contributed by atoms with Crippen LogP contribution in [0.5, 0.6) is 0 Å². The zero-order valence-electron chi connectivity index (χ0n) is 10.8. The third-order valence-corrected chi connectivity index (χ3v) is 3.59.